The summed E-state index contributed by atoms with van der Waals surface area (Å²) in [7, 11) is 0. The van der Waals surface area contributed by atoms with Gasteiger partial charge in [0.05, 0.1) is 12.2 Å². The lowest BCUT2D eigenvalue weighted by Gasteiger charge is -2.12. The van der Waals surface area contributed by atoms with Crippen molar-refractivity contribution >= 4 is 17.7 Å². The van der Waals surface area contributed by atoms with E-state index in [2.05, 4.69) is 53.1 Å². The quantitative estimate of drug-likeness (QED) is 0.575. The van der Waals surface area contributed by atoms with E-state index in [1.807, 2.05) is 30.7 Å². The lowest BCUT2D eigenvalue weighted by molar-refractivity contribution is -0.121. The van der Waals surface area contributed by atoms with Gasteiger partial charge in [-0.05, 0) is 67.1 Å². The minimum atomic E-state index is -0.0215. The van der Waals surface area contributed by atoms with Crippen molar-refractivity contribution in [3.63, 3.8) is 0 Å². The number of nitrogens with one attached hydrogen (secondary N) is 1. The van der Waals surface area contributed by atoms with Crippen molar-refractivity contribution in [2.24, 2.45) is 0 Å². The highest BCUT2D eigenvalue weighted by atomic mass is 32.2. The fourth-order valence-corrected chi connectivity index (χ4v) is 4.23. The Balaban J connectivity index is 1.30. The molecule has 0 radical (unpaired) electrons. The third kappa shape index (κ3) is 4.70. The summed E-state index contributed by atoms with van der Waals surface area (Å²) < 4.78 is 7.91. The zero-order valence-corrected chi connectivity index (χ0v) is 18.5. The number of benzene rings is 2. The largest absolute Gasteiger partial charge is 0.488 e. The molecule has 0 unspecified atom stereocenters. The van der Waals surface area contributed by atoms with Gasteiger partial charge in [-0.1, -0.05) is 18.2 Å². The molecule has 0 spiro atoms. The maximum Gasteiger partial charge on any atom is 0.221 e. The van der Waals surface area contributed by atoms with Crippen LogP contribution >= 0.6 is 11.8 Å². The molecule has 0 saturated carbocycles. The Labute approximate surface area is 181 Å². The third-order valence-electron chi connectivity index (χ3n) is 5.41. The van der Waals surface area contributed by atoms with Gasteiger partial charge in [0, 0.05) is 30.0 Å². The van der Waals surface area contributed by atoms with Crippen molar-refractivity contribution in [1.82, 2.24) is 15.1 Å². The van der Waals surface area contributed by atoms with Crippen LogP contribution in [-0.4, -0.2) is 34.6 Å². The number of ether oxygens (including phenoxy) is 1. The average molecular weight is 422 g/mol. The highest BCUT2D eigenvalue weighted by Crippen LogP contribution is 2.33. The molecule has 2 heterocycles. The van der Waals surface area contributed by atoms with Gasteiger partial charge in [0.1, 0.15) is 11.9 Å². The number of hydrogen-bond donors (Lipinski definition) is 1. The summed E-state index contributed by atoms with van der Waals surface area (Å²) in [6.45, 7) is 5.08. The molecule has 4 rings (SSSR count). The van der Waals surface area contributed by atoms with E-state index < -0.39 is 0 Å². The van der Waals surface area contributed by atoms with Gasteiger partial charge in [-0.25, -0.2) is 0 Å². The summed E-state index contributed by atoms with van der Waals surface area (Å²) in [5.74, 6) is 0.943. The molecule has 1 amide bonds. The van der Waals surface area contributed by atoms with Crippen LogP contribution in [-0.2, 0) is 17.8 Å². The van der Waals surface area contributed by atoms with Gasteiger partial charge in [0.25, 0.3) is 0 Å². The fraction of sp³-hybridized carbons (Fsp3) is 0.333. The molecule has 1 aromatic heterocycles. The number of aromatic nitrogens is 2. The monoisotopic (exact) mass is 421 g/mol. The molecule has 1 aliphatic heterocycles. The summed E-state index contributed by atoms with van der Waals surface area (Å²) in [6, 6.07) is 17.0. The molecule has 1 aliphatic rings. The van der Waals surface area contributed by atoms with Gasteiger partial charge in [0.15, 0.2) is 0 Å². The fourth-order valence-electron chi connectivity index (χ4n) is 3.82. The van der Waals surface area contributed by atoms with Gasteiger partial charge in [-0.2, -0.15) is 5.10 Å². The number of carbonyl (C=O) groups excluding carboxylic acids is 1. The van der Waals surface area contributed by atoms with Crippen molar-refractivity contribution < 1.29 is 9.53 Å². The minimum Gasteiger partial charge on any atom is -0.488 e. The topological polar surface area (TPSA) is 56.2 Å². The second-order valence-corrected chi connectivity index (χ2v) is 8.58. The molecule has 0 aliphatic carbocycles. The van der Waals surface area contributed by atoms with E-state index in [1.165, 1.54) is 21.6 Å². The summed E-state index contributed by atoms with van der Waals surface area (Å²) in [6.07, 6.45) is 3.29. The maximum absolute atomic E-state index is 12.2. The van der Waals surface area contributed by atoms with Gasteiger partial charge < -0.3 is 10.1 Å². The van der Waals surface area contributed by atoms with Crippen molar-refractivity contribution in [2.75, 3.05) is 12.8 Å². The normalized spacial score (nSPS) is 15.0. The molecule has 156 valence electrons. The Morgan fingerprint density at radius 1 is 1.17 bits per heavy atom. The first-order valence-electron chi connectivity index (χ1n) is 10.2. The van der Waals surface area contributed by atoms with Gasteiger partial charge >= 0.3 is 0 Å². The second kappa shape index (κ2) is 8.96. The smallest absolute Gasteiger partial charge is 0.221 e. The number of carbonyl (C=O) groups is 1. The Hall–Kier alpha value is -2.73. The first-order chi connectivity index (χ1) is 14.5. The van der Waals surface area contributed by atoms with Crippen molar-refractivity contribution in [1.29, 1.82) is 0 Å². The predicted molar refractivity (Wildman–Crippen MR) is 121 cm³/mol. The van der Waals surface area contributed by atoms with E-state index in [4.69, 9.17) is 4.74 Å². The summed E-state index contributed by atoms with van der Waals surface area (Å²) in [4.78, 5) is 13.5. The molecule has 5 nitrogen and oxygen atoms in total. The molecular formula is C24H27N3O2S. The molecule has 0 bridgehead atoms. The summed E-state index contributed by atoms with van der Waals surface area (Å²) in [5.41, 5.74) is 5.65. The first-order valence-corrected chi connectivity index (χ1v) is 11.5. The van der Waals surface area contributed by atoms with Gasteiger partial charge in [0.2, 0.25) is 5.91 Å². The molecule has 6 heteroatoms. The number of aryl methyl sites for hydroxylation is 3. The summed E-state index contributed by atoms with van der Waals surface area (Å²) >= 11 is 1.75. The van der Waals surface area contributed by atoms with Crippen LogP contribution in [0.3, 0.4) is 0 Å². The number of amides is 1. The lowest BCUT2D eigenvalue weighted by atomic mass is 10.0. The van der Waals surface area contributed by atoms with Gasteiger partial charge in [-0.3, -0.25) is 9.48 Å². The number of fused-ring (bicyclic) bond motifs is 1. The molecule has 1 N–H and O–H groups in total. The van der Waals surface area contributed by atoms with Crippen LogP contribution in [0.5, 0.6) is 5.75 Å². The zero-order valence-electron chi connectivity index (χ0n) is 17.6. The van der Waals surface area contributed by atoms with Gasteiger partial charge in [-0.15, -0.1) is 11.8 Å². The molecule has 3 aromatic rings. The van der Waals surface area contributed by atoms with Crippen LogP contribution in [0.1, 0.15) is 23.4 Å². The van der Waals surface area contributed by atoms with E-state index in [1.54, 1.807) is 11.8 Å². The Morgan fingerprint density at radius 2 is 1.93 bits per heavy atom. The highest BCUT2D eigenvalue weighted by Gasteiger charge is 2.23. The van der Waals surface area contributed by atoms with Crippen LogP contribution in [0.4, 0.5) is 0 Å². The molecule has 0 fully saturated rings. The molecule has 2 aromatic carbocycles. The van der Waals surface area contributed by atoms with E-state index in [0.717, 1.165) is 23.6 Å². The number of hydrogen-bond acceptors (Lipinski definition) is 4. The number of nitrogens with zero attached hydrogens (tertiary/aromatic N) is 2. The maximum atomic E-state index is 12.2. The van der Waals surface area contributed by atoms with Crippen molar-refractivity contribution in [2.45, 2.75) is 44.2 Å². The summed E-state index contributed by atoms with van der Waals surface area (Å²) in [5, 5.41) is 7.41. The highest BCUT2D eigenvalue weighted by molar-refractivity contribution is 7.98. The Bertz CT molecular complexity index is 1040. The zero-order chi connectivity index (χ0) is 21.1. The molecule has 1 atom stereocenters. The van der Waals surface area contributed by atoms with Crippen LogP contribution in [0.2, 0.25) is 0 Å². The third-order valence-corrected chi connectivity index (χ3v) is 6.15. The van der Waals surface area contributed by atoms with Crippen molar-refractivity contribution in [3.05, 3.63) is 65.5 Å². The van der Waals surface area contributed by atoms with Crippen LogP contribution in [0.25, 0.3) is 11.1 Å². The predicted octanol–water partition coefficient (Wildman–Crippen LogP) is 4.40. The Morgan fingerprint density at radius 3 is 2.63 bits per heavy atom. The van der Waals surface area contributed by atoms with Crippen LogP contribution in [0.15, 0.2) is 53.4 Å². The van der Waals surface area contributed by atoms with E-state index >= 15 is 0 Å². The number of thioether (sulfide) groups is 1. The van der Waals surface area contributed by atoms with E-state index in [-0.39, 0.29) is 12.0 Å². The first kappa shape index (κ1) is 20.5. The van der Waals surface area contributed by atoms with E-state index in [9.17, 15) is 4.79 Å². The molecule has 0 saturated heterocycles. The standard InChI is InChI=1S/C24H27N3O2S/c1-16-12-17(2)27(26-16)11-10-24(28)25-15-21-14-20-13-19(6-9-23(20)29-21)18-4-7-22(30-3)8-5-18/h4-9,12-13,21H,10-11,14-15H2,1-3H3,(H,25,28)/t21-/m0/s1. The van der Waals surface area contributed by atoms with Crippen LogP contribution in [0, 0.1) is 13.8 Å². The lowest BCUT2D eigenvalue weighted by Crippen LogP contribution is -2.34. The van der Waals surface area contributed by atoms with Crippen molar-refractivity contribution in [3.8, 4) is 16.9 Å². The average Bonchev–Trinajstić information content (AvgIpc) is 3.31. The van der Waals surface area contributed by atoms with E-state index in [0.29, 0.717) is 19.5 Å². The SMILES string of the molecule is CSc1ccc(-c2ccc3c(c2)C[C@@H](CNC(=O)CCn2nc(C)cc2C)O3)cc1. The minimum absolute atomic E-state index is 0.0215. The molecular weight excluding hydrogens is 394 g/mol. The second-order valence-electron chi connectivity index (χ2n) is 7.70. The Kier molecular flexibility index (Phi) is 6.13. The number of rotatable bonds is 7. The van der Waals surface area contributed by atoms with Crippen LogP contribution < -0.4 is 10.1 Å². The molecule has 30 heavy (non-hydrogen) atoms.